The van der Waals surface area contributed by atoms with E-state index in [-0.39, 0.29) is 10.3 Å². The van der Waals surface area contributed by atoms with Gasteiger partial charge >= 0.3 is 0 Å². The van der Waals surface area contributed by atoms with E-state index in [4.69, 9.17) is 0 Å². The van der Waals surface area contributed by atoms with Crippen molar-refractivity contribution in [2.75, 3.05) is 0 Å². The molecule has 0 amide bonds. The lowest BCUT2D eigenvalue weighted by Gasteiger charge is -2.03. The van der Waals surface area contributed by atoms with Gasteiger partial charge in [-0.3, -0.25) is 4.79 Å². The number of ketones is 1. The number of hydrogen-bond acceptors (Lipinski definition) is 4. The number of carbonyl (C=O) groups is 1. The zero-order valence-electron chi connectivity index (χ0n) is 25.3. The SMILES string of the molecule is CC(C)=CCCC(C)=CCCC(C)=CCCC=C(C)CCC=C(C)CCC=C(C)C(=O)c1cc(O)n(O)c1O. The molecule has 0 saturated heterocycles. The molecule has 0 radical (unpaired) electrons. The van der Waals surface area contributed by atoms with Crippen LogP contribution < -0.4 is 0 Å². The van der Waals surface area contributed by atoms with Gasteiger partial charge in [-0.15, -0.1) is 4.73 Å². The minimum Gasteiger partial charge on any atom is -0.492 e. The molecule has 0 aliphatic rings. The van der Waals surface area contributed by atoms with Gasteiger partial charge < -0.3 is 15.4 Å². The zero-order valence-corrected chi connectivity index (χ0v) is 25.3. The normalized spacial score (nSPS) is 13.7. The first-order valence-corrected chi connectivity index (χ1v) is 14.2. The average molecular weight is 538 g/mol. The van der Waals surface area contributed by atoms with Gasteiger partial charge in [0.1, 0.15) is 0 Å². The molecule has 0 atom stereocenters. The molecule has 0 saturated carbocycles. The number of hydrogen-bond donors (Lipinski definition) is 3. The Morgan fingerprint density at radius 1 is 0.641 bits per heavy atom. The van der Waals surface area contributed by atoms with E-state index in [1.54, 1.807) is 6.92 Å². The summed E-state index contributed by atoms with van der Waals surface area (Å²) >= 11 is 0. The Morgan fingerprint density at radius 2 is 1.03 bits per heavy atom. The summed E-state index contributed by atoms with van der Waals surface area (Å²) in [4.78, 5) is 12.4. The van der Waals surface area contributed by atoms with Crippen LogP contribution in [0.3, 0.4) is 0 Å². The molecule has 39 heavy (non-hydrogen) atoms. The standard InChI is InChI=1S/C34H51NO4/c1-25(2)14-10-17-28(5)20-11-18-26(3)15-8-9-16-27(4)19-12-21-29(6)22-13-23-30(7)33(37)31-24-32(36)35(39)34(31)38/h14-16,20-21,23-24,36,38-39H,8-13,17-19,22H2,1-7H3. The first-order chi connectivity index (χ1) is 18.4. The molecule has 0 bridgehead atoms. The summed E-state index contributed by atoms with van der Waals surface area (Å²) in [6, 6.07) is 1.06. The van der Waals surface area contributed by atoms with Gasteiger partial charge in [0.2, 0.25) is 11.8 Å². The number of nitrogens with zero attached hydrogens (tertiary/aromatic N) is 1. The third-order valence-electron chi connectivity index (χ3n) is 6.83. The van der Waals surface area contributed by atoms with Gasteiger partial charge in [0.05, 0.1) is 5.56 Å². The van der Waals surface area contributed by atoms with Crippen LogP contribution in [0.4, 0.5) is 0 Å². The molecule has 3 N–H and O–H groups in total. The zero-order chi connectivity index (χ0) is 29.4. The Balaban J connectivity index is 2.33. The summed E-state index contributed by atoms with van der Waals surface area (Å²) in [5.41, 5.74) is 7.41. The largest absolute Gasteiger partial charge is 0.492 e. The Hall–Kier alpha value is -3.21. The van der Waals surface area contributed by atoms with Crippen LogP contribution in [-0.2, 0) is 0 Å². The maximum Gasteiger partial charge on any atom is 0.240 e. The van der Waals surface area contributed by atoms with E-state index < -0.39 is 17.5 Å². The van der Waals surface area contributed by atoms with Crippen LogP contribution in [0.1, 0.15) is 123 Å². The highest BCUT2D eigenvalue weighted by Crippen LogP contribution is 2.27. The van der Waals surface area contributed by atoms with Crippen LogP contribution in [0.15, 0.2) is 76.0 Å². The summed E-state index contributed by atoms with van der Waals surface area (Å²) in [6.07, 6.45) is 23.9. The maximum atomic E-state index is 12.4. The predicted octanol–water partition coefficient (Wildman–Crippen LogP) is 9.92. The van der Waals surface area contributed by atoms with Gasteiger partial charge in [0.25, 0.3) is 0 Å². The van der Waals surface area contributed by atoms with Crippen LogP contribution in [0.5, 0.6) is 11.8 Å². The van der Waals surface area contributed by atoms with Crippen molar-refractivity contribution in [3.05, 3.63) is 81.5 Å². The minimum atomic E-state index is -0.653. The average Bonchev–Trinajstić information content (AvgIpc) is 3.13. The van der Waals surface area contributed by atoms with Gasteiger partial charge in [-0.1, -0.05) is 64.3 Å². The second kappa shape index (κ2) is 18.1. The van der Waals surface area contributed by atoms with Crippen LogP contribution in [0, 0.1) is 0 Å². The molecule has 216 valence electrons. The molecule has 1 aromatic rings. The molecule has 1 rings (SSSR count). The molecule has 0 spiro atoms. The van der Waals surface area contributed by atoms with Crippen molar-refractivity contribution in [2.24, 2.45) is 0 Å². The Labute approximate surface area is 236 Å². The first kappa shape index (κ1) is 33.8. The van der Waals surface area contributed by atoms with Crippen molar-refractivity contribution in [3.8, 4) is 11.8 Å². The number of aromatic hydroxyl groups is 2. The fourth-order valence-electron chi connectivity index (χ4n) is 4.21. The minimum absolute atomic E-state index is 0.113. The topological polar surface area (TPSA) is 82.7 Å². The Kier molecular flexibility index (Phi) is 15.7. The van der Waals surface area contributed by atoms with E-state index >= 15 is 0 Å². The van der Waals surface area contributed by atoms with E-state index in [2.05, 4.69) is 71.9 Å². The molecule has 0 fully saturated rings. The van der Waals surface area contributed by atoms with Crippen molar-refractivity contribution in [3.63, 3.8) is 0 Å². The molecule has 5 nitrogen and oxygen atoms in total. The Bertz CT molecular complexity index is 1120. The van der Waals surface area contributed by atoms with Crippen LogP contribution in [0.25, 0.3) is 0 Å². The molecule has 1 aromatic heterocycles. The number of rotatable bonds is 17. The second-order valence-corrected chi connectivity index (χ2v) is 11.0. The van der Waals surface area contributed by atoms with Crippen LogP contribution >= 0.6 is 0 Å². The van der Waals surface area contributed by atoms with Crippen molar-refractivity contribution < 1.29 is 20.2 Å². The summed E-state index contributed by atoms with van der Waals surface area (Å²) in [5, 5.41) is 28.6. The first-order valence-electron chi connectivity index (χ1n) is 14.2. The summed E-state index contributed by atoms with van der Waals surface area (Å²) in [5.74, 6) is -1.64. The van der Waals surface area contributed by atoms with E-state index in [1.165, 1.54) is 27.9 Å². The highest BCUT2D eigenvalue weighted by molar-refractivity contribution is 6.10. The lowest BCUT2D eigenvalue weighted by atomic mass is 10.0. The van der Waals surface area contributed by atoms with E-state index in [0.717, 1.165) is 63.9 Å². The second-order valence-electron chi connectivity index (χ2n) is 11.0. The number of allylic oxidation sites excluding steroid dienone is 12. The van der Waals surface area contributed by atoms with Crippen molar-refractivity contribution in [2.45, 2.75) is 113 Å². The van der Waals surface area contributed by atoms with Crippen molar-refractivity contribution in [1.82, 2.24) is 4.73 Å². The number of unbranched alkanes of at least 4 members (excludes halogenated alkanes) is 1. The molecule has 0 aliphatic carbocycles. The molecular weight excluding hydrogens is 486 g/mol. The van der Waals surface area contributed by atoms with Gasteiger partial charge in [-0.2, -0.15) is 0 Å². The van der Waals surface area contributed by atoms with Crippen molar-refractivity contribution >= 4 is 5.78 Å². The Morgan fingerprint density at radius 3 is 1.41 bits per heavy atom. The highest BCUT2D eigenvalue weighted by Gasteiger charge is 2.20. The quantitative estimate of drug-likeness (QED) is 0.0607. The fraction of sp³-hybridized carbons (Fsp3) is 0.500. The monoisotopic (exact) mass is 537 g/mol. The fourth-order valence-corrected chi connectivity index (χ4v) is 4.21. The lowest BCUT2D eigenvalue weighted by Crippen LogP contribution is -2.00. The molecule has 5 heteroatoms. The van der Waals surface area contributed by atoms with Crippen molar-refractivity contribution in [1.29, 1.82) is 0 Å². The number of Topliss-reactive ketones (excluding diaryl/α,β-unsaturated/α-hetero) is 1. The predicted molar refractivity (Wildman–Crippen MR) is 164 cm³/mol. The van der Waals surface area contributed by atoms with E-state index in [0.29, 0.717) is 12.0 Å². The third kappa shape index (κ3) is 13.9. The van der Waals surface area contributed by atoms with Crippen LogP contribution in [-0.4, -0.2) is 25.9 Å². The van der Waals surface area contributed by atoms with E-state index in [9.17, 15) is 20.2 Å². The van der Waals surface area contributed by atoms with Crippen LogP contribution in [0.2, 0.25) is 0 Å². The molecule has 0 aliphatic heterocycles. The third-order valence-corrected chi connectivity index (χ3v) is 6.83. The number of aromatic nitrogens is 1. The lowest BCUT2D eigenvalue weighted by molar-refractivity contribution is 0.102. The summed E-state index contributed by atoms with van der Waals surface area (Å²) < 4.78 is 0.192. The van der Waals surface area contributed by atoms with Gasteiger partial charge in [0.15, 0.2) is 5.78 Å². The van der Waals surface area contributed by atoms with Gasteiger partial charge in [0, 0.05) is 6.07 Å². The van der Waals surface area contributed by atoms with Gasteiger partial charge in [-0.25, -0.2) is 0 Å². The number of carbonyl (C=O) groups excluding carboxylic acids is 1. The highest BCUT2D eigenvalue weighted by atomic mass is 16.5. The summed E-state index contributed by atoms with van der Waals surface area (Å²) in [7, 11) is 0. The molecule has 0 aromatic carbocycles. The molecule has 1 heterocycles. The summed E-state index contributed by atoms with van der Waals surface area (Å²) in [6.45, 7) is 14.8. The maximum absolute atomic E-state index is 12.4. The smallest absolute Gasteiger partial charge is 0.240 e. The van der Waals surface area contributed by atoms with E-state index in [1.807, 2.05) is 6.08 Å². The van der Waals surface area contributed by atoms with Gasteiger partial charge in [-0.05, 0) is 118 Å². The molecular formula is C34H51NO4. The molecule has 0 unspecified atom stereocenters.